The first-order valence-electron chi connectivity index (χ1n) is 6.56. The number of rotatable bonds is 6. The van der Waals surface area contributed by atoms with E-state index >= 15 is 0 Å². The second-order valence-corrected chi connectivity index (χ2v) is 4.52. The molecule has 100 valence electrons. The van der Waals surface area contributed by atoms with Gasteiger partial charge in [0.05, 0.1) is 17.4 Å². The quantitative estimate of drug-likeness (QED) is 0.843. The van der Waals surface area contributed by atoms with Gasteiger partial charge in [-0.2, -0.15) is 0 Å². The van der Waals surface area contributed by atoms with Crippen LogP contribution in [-0.4, -0.2) is 35.4 Å². The summed E-state index contributed by atoms with van der Waals surface area (Å²) in [6.45, 7) is 7.07. The summed E-state index contributed by atoms with van der Waals surface area (Å²) in [5, 5.41) is 3.25. The van der Waals surface area contributed by atoms with E-state index in [9.17, 15) is 4.79 Å². The molecule has 1 aromatic rings. The molecule has 1 heterocycles. The molecule has 1 atom stereocenters. The van der Waals surface area contributed by atoms with E-state index in [0.29, 0.717) is 5.56 Å². The largest absolute Gasteiger partial charge is 0.383 e. The lowest BCUT2D eigenvalue weighted by Gasteiger charge is -2.24. The predicted octanol–water partition coefficient (Wildman–Crippen LogP) is 2.77. The van der Waals surface area contributed by atoms with E-state index in [1.165, 1.54) is 0 Å². The van der Waals surface area contributed by atoms with Gasteiger partial charge in [0.2, 0.25) is 0 Å². The molecule has 0 saturated carbocycles. The van der Waals surface area contributed by atoms with E-state index < -0.39 is 0 Å². The lowest BCUT2D eigenvalue weighted by Crippen LogP contribution is -2.35. The highest BCUT2D eigenvalue weighted by Gasteiger charge is 2.18. The van der Waals surface area contributed by atoms with Crippen molar-refractivity contribution in [2.45, 2.75) is 39.7 Å². The molecular formula is C14H23N3O. The van der Waals surface area contributed by atoms with E-state index in [-0.39, 0.29) is 11.9 Å². The summed E-state index contributed by atoms with van der Waals surface area (Å²) in [6.07, 6.45) is 5.34. The highest BCUT2D eigenvalue weighted by molar-refractivity contribution is 5.99. The molecule has 1 N–H and O–H groups in total. The first-order valence-corrected chi connectivity index (χ1v) is 6.56. The molecule has 18 heavy (non-hydrogen) atoms. The van der Waals surface area contributed by atoms with Gasteiger partial charge in [0.1, 0.15) is 0 Å². The first kappa shape index (κ1) is 14.5. The van der Waals surface area contributed by atoms with Crippen molar-refractivity contribution in [2.75, 3.05) is 18.9 Å². The van der Waals surface area contributed by atoms with Crippen LogP contribution in [0.15, 0.2) is 18.5 Å². The monoisotopic (exact) mass is 249 g/mol. The zero-order chi connectivity index (χ0) is 13.5. The summed E-state index contributed by atoms with van der Waals surface area (Å²) in [5.41, 5.74) is 1.51. The first-order chi connectivity index (χ1) is 8.61. The Bertz CT molecular complexity index is 392. The Balaban J connectivity index is 2.90. The van der Waals surface area contributed by atoms with Gasteiger partial charge in [-0.3, -0.25) is 9.78 Å². The number of aromatic nitrogens is 1. The topological polar surface area (TPSA) is 45.2 Å². The molecule has 1 amide bonds. The number of hydrogen-bond acceptors (Lipinski definition) is 3. The highest BCUT2D eigenvalue weighted by Crippen LogP contribution is 2.17. The number of pyridine rings is 1. The molecule has 0 bridgehead atoms. The van der Waals surface area contributed by atoms with E-state index in [4.69, 9.17) is 0 Å². The summed E-state index contributed by atoms with van der Waals surface area (Å²) in [4.78, 5) is 18.2. The molecule has 0 radical (unpaired) electrons. The molecule has 0 aliphatic heterocycles. The van der Waals surface area contributed by atoms with Gasteiger partial charge < -0.3 is 10.2 Å². The van der Waals surface area contributed by atoms with Crippen LogP contribution in [-0.2, 0) is 0 Å². The zero-order valence-electron chi connectivity index (χ0n) is 11.7. The van der Waals surface area contributed by atoms with Crippen LogP contribution in [0, 0.1) is 0 Å². The third-order valence-corrected chi connectivity index (χ3v) is 3.19. The lowest BCUT2D eigenvalue weighted by atomic mass is 10.1. The van der Waals surface area contributed by atoms with Crippen LogP contribution in [0.2, 0.25) is 0 Å². The molecule has 0 aliphatic rings. The van der Waals surface area contributed by atoms with Gasteiger partial charge in [0.15, 0.2) is 0 Å². The summed E-state index contributed by atoms with van der Waals surface area (Å²) >= 11 is 0. The fraction of sp³-hybridized carbons (Fsp3) is 0.571. The normalized spacial score (nSPS) is 12.0. The molecule has 1 unspecified atom stereocenters. The third-order valence-electron chi connectivity index (χ3n) is 3.19. The van der Waals surface area contributed by atoms with Crippen molar-refractivity contribution in [2.24, 2.45) is 0 Å². The number of amides is 1. The number of nitrogens with zero attached hydrogens (tertiary/aromatic N) is 2. The number of carbonyl (C=O) groups excluding carboxylic acids is 1. The Kier molecular flexibility index (Phi) is 5.62. The van der Waals surface area contributed by atoms with Crippen LogP contribution in [0.3, 0.4) is 0 Å². The maximum absolute atomic E-state index is 12.4. The fourth-order valence-electron chi connectivity index (χ4n) is 1.65. The second kappa shape index (κ2) is 6.99. The molecule has 4 heteroatoms. The molecule has 1 aromatic heterocycles. The Morgan fingerprint density at radius 3 is 2.83 bits per heavy atom. The summed E-state index contributed by atoms with van der Waals surface area (Å²) in [6, 6.07) is 2.02. The lowest BCUT2D eigenvalue weighted by molar-refractivity contribution is 0.0741. The van der Waals surface area contributed by atoms with E-state index in [2.05, 4.69) is 31.1 Å². The van der Waals surface area contributed by atoms with E-state index in [1.807, 2.05) is 7.05 Å². The molecule has 0 aliphatic carbocycles. The minimum Gasteiger partial charge on any atom is -0.383 e. The minimum atomic E-state index is 0.0466. The van der Waals surface area contributed by atoms with Crippen LogP contribution in [0.1, 0.15) is 44.0 Å². The predicted molar refractivity (Wildman–Crippen MR) is 74.9 cm³/mol. The Morgan fingerprint density at radius 1 is 1.50 bits per heavy atom. The molecule has 0 spiro atoms. The average Bonchev–Trinajstić information content (AvgIpc) is 2.42. The van der Waals surface area contributed by atoms with E-state index in [1.54, 1.807) is 23.4 Å². The van der Waals surface area contributed by atoms with Gasteiger partial charge in [0, 0.05) is 25.8 Å². The van der Waals surface area contributed by atoms with Gasteiger partial charge in [-0.05, 0) is 25.8 Å². The standard InChI is InChI=1S/C14H23N3O/c1-5-8-16-13-10-15-9-7-12(13)14(18)17(4)11(3)6-2/h7,9-11,16H,5-6,8H2,1-4H3. The third kappa shape index (κ3) is 3.45. The van der Waals surface area contributed by atoms with Crippen molar-refractivity contribution in [3.05, 3.63) is 24.0 Å². The Morgan fingerprint density at radius 2 is 2.22 bits per heavy atom. The van der Waals surface area contributed by atoms with Crippen molar-refractivity contribution in [1.82, 2.24) is 9.88 Å². The molecule has 0 saturated heterocycles. The molecule has 0 aromatic carbocycles. The van der Waals surface area contributed by atoms with Crippen LogP contribution >= 0.6 is 0 Å². The SMILES string of the molecule is CCCNc1cnccc1C(=O)N(C)C(C)CC. The number of carbonyl (C=O) groups is 1. The fourth-order valence-corrected chi connectivity index (χ4v) is 1.65. The maximum atomic E-state index is 12.4. The second-order valence-electron chi connectivity index (χ2n) is 4.52. The number of nitrogens with one attached hydrogen (secondary N) is 1. The van der Waals surface area contributed by atoms with Crippen LogP contribution in [0.4, 0.5) is 5.69 Å². The summed E-state index contributed by atoms with van der Waals surface area (Å²) < 4.78 is 0. The van der Waals surface area contributed by atoms with Crippen molar-refractivity contribution < 1.29 is 4.79 Å². The summed E-state index contributed by atoms with van der Waals surface area (Å²) in [7, 11) is 1.85. The zero-order valence-corrected chi connectivity index (χ0v) is 11.7. The van der Waals surface area contributed by atoms with Crippen LogP contribution < -0.4 is 5.32 Å². The van der Waals surface area contributed by atoms with Gasteiger partial charge in [-0.1, -0.05) is 13.8 Å². The van der Waals surface area contributed by atoms with Crippen molar-refractivity contribution in [1.29, 1.82) is 0 Å². The van der Waals surface area contributed by atoms with Crippen molar-refractivity contribution in [3.63, 3.8) is 0 Å². The molecule has 0 fully saturated rings. The minimum absolute atomic E-state index is 0.0466. The van der Waals surface area contributed by atoms with Crippen molar-refractivity contribution >= 4 is 11.6 Å². The number of anilines is 1. The van der Waals surface area contributed by atoms with Gasteiger partial charge >= 0.3 is 0 Å². The number of hydrogen-bond donors (Lipinski definition) is 1. The average molecular weight is 249 g/mol. The molecule has 1 rings (SSSR count). The van der Waals surface area contributed by atoms with E-state index in [0.717, 1.165) is 25.1 Å². The van der Waals surface area contributed by atoms with Crippen LogP contribution in [0.25, 0.3) is 0 Å². The molecular weight excluding hydrogens is 226 g/mol. The summed E-state index contributed by atoms with van der Waals surface area (Å²) in [5.74, 6) is 0.0466. The highest BCUT2D eigenvalue weighted by atomic mass is 16.2. The van der Waals surface area contributed by atoms with Crippen molar-refractivity contribution in [3.8, 4) is 0 Å². The maximum Gasteiger partial charge on any atom is 0.256 e. The van der Waals surface area contributed by atoms with Gasteiger partial charge in [-0.15, -0.1) is 0 Å². The van der Waals surface area contributed by atoms with Crippen LogP contribution in [0.5, 0.6) is 0 Å². The van der Waals surface area contributed by atoms with Gasteiger partial charge in [0.25, 0.3) is 5.91 Å². The Hall–Kier alpha value is -1.58. The smallest absolute Gasteiger partial charge is 0.256 e. The Labute approximate surface area is 109 Å². The van der Waals surface area contributed by atoms with Gasteiger partial charge in [-0.25, -0.2) is 0 Å². The molecule has 4 nitrogen and oxygen atoms in total.